The molecule has 2 aliphatic heterocycles. The summed E-state index contributed by atoms with van der Waals surface area (Å²) < 4.78 is 5.62. The van der Waals surface area contributed by atoms with Gasteiger partial charge in [-0.25, -0.2) is 0 Å². The molecule has 2 unspecified atom stereocenters. The molecule has 3 nitrogen and oxygen atoms in total. The number of hydrogen-bond donors (Lipinski definition) is 0. The van der Waals surface area contributed by atoms with Gasteiger partial charge < -0.3 is 9.64 Å². The molecule has 1 aromatic rings. The summed E-state index contributed by atoms with van der Waals surface area (Å²) in [6.07, 6.45) is 6.93. The molecule has 1 amide bonds. The fourth-order valence-electron chi connectivity index (χ4n) is 3.93. The van der Waals surface area contributed by atoms with Gasteiger partial charge in [0.25, 0.3) is 5.91 Å². The summed E-state index contributed by atoms with van der Waals surface area (Å²) in [6, 6.07) is 5.79. The van der Waals surface area contributed by atoms with Crippen molar-refractivity contribution in [1.82, 2.24) is 4.90 Å². The van der Waals surface area contributed by atoms with Crippen LogP contribution in [0.2, 0.25) is 10.0 Å². The minimum atomic E-state index is 0.0419. The Morgan fingerprint density at radius 1 is 1.13 bits per heavy atom. The molecule has 5 heteroatoms. The first kappa shape index (κ1) is 15.3. The number of hydrogen-bond acceptors (Lipinski definition) is 2. The van der Waals surface area contributed by atoms with Crippen LogP contribution in [0.5, 0.6) is 5.75 Å². The van der Waals surface area contributed by atoms with Crippen molar-refractivity contribution in [1.29, 1.82) is 0 Å². The number of ether oxygens (including phenoxy) is 1. The highest BCUT2D eigenvalue weighted by Gasteiger charge is 2.42. The maximum Gasteiger partial charge on any atom is 0.261 e. The van der Waals surface area contributed by atoms with Gasteiger partial charge in [-0.15, -0.1) is 0 Å². The highest BCUT2D eigenvalue weighted by molar-refractivity contribution is 6.35. The molecule has 2 bridgehead atoms. The second kappa shape index (κ2) is 6.03. The van der Waals surface area contributed by atoms with E-state index in [9.17, 15) is 4.79 Å². The van der Waals surface area contributed by atoms with Crippen molar-refractivity contribution in [3.05, 3.63) is 39.4 Å². The SMILES string of the molecule is O=C(COc1ccc(Cl)cc1Cl)N1C2CCC1CC(=C1CC1)C2. The third-order valence-corrected chi connectivity index (χ3v) is 5.65. The molecule has 0 N–H and O–H groups in total. The second-order valence-corrected chi connectivity index (χ2v) is 7.51. The molecule has 23 heavy (non-hydrogen) atoms. The summed E-state index contributed by atoms with van der Waals surface area (Å²) in [6.45, 7) is 0.0419. The standard InChI is InChI=1S/C18H19Cl2NO2/c19-13-3-6-17(16(20)9-13)23-10-18(22)21-14-4-5-15(21)8-12(7-14)11-1-2-11/h3,6,9,14-15H,1-2,4-5,7-8,10H2. The van der Waals surface area contributed by atoms with Crippen LogP contribution in [0.25, 0.3) is 0 Å². The molecule has 2 heterocycles. The maximum atomic E-state index is 12.6. The Morgan fingerprint density at radius 3 is 2.43 bits per heavy atom. The van der Waals surface area contributed by atoms with E-state index < -0.39 is 0 Å². The first-order valence-corrected chi connectivity index (χ1v) is 8.96. The lowest BCUT2D eigenvalue weighted by atomic mass is 9.95. The van der Waals surface area contributed by atoms with E-state index in [1.54, 1.807) is 29.3 Å². The Hall–Kier alpha value is -1.19. The smallest absolute Gasteiger partial charge is 0.261 e. The zero-order chi connectivity index (χ0) is 16.0. The topological polar surface area (TPSA) is 29.5 Å². The van der Waals surface area contributed by atoms with E-state index in [0.717, 1.165) is 25.7 Å². The lowest BCUT2D eigenvalue weighted by molar-refractivity contribution is -0.137. The Bertz CT molecular complexity index is 664. The summed E-state index contributed by atoms with van der Waals surface area (Å²) >= 11 is 12.0. The predicted octanol–water partition coefficient (Wildman–Crippen LogP) is 4.62. The van der Waals surface area contributed by atoms with Gasteiger partial charge in [0.05, 0.1) is 5.02 Å². The third kappa shape index (κ3) is 3.09. The van der Waals surface area contributed by atoms with Crippen molar-refractivity contribution in [3.63, 3.8) is 0 Å². The number of carbonyl (C=O) groups is 1. The summed E-state index contributed by atoms with van der Waals surface area (Å²) in [7, 11) is 0. The second-order valence-electron chi connectivity index (χ2n) is 6.66. The molecule has 3 aliphatic rings. The van der Waals surface area contributed by atoms with E-state index in [4.69, 9.17) is 27.9 Å². The fraction of sp³-hybridized carbons (Fsp3) is 0.500. The largest absolute Gasteiger partial charge is 0.482 e. The van der Waals surface area contributed by atoms with Gasteiger partial charge >= 0.3 is 0 Å². The zero-order valence-electron chi connectivity index (χ0n) is 12.9. The quantitative estimate of drug-likeness (QED) is 0.743. The third-order valence-electron chi connectivity index (χ3n) is 5.12. The van der Waals surface area contributed by atoms with Gasteiger partial charge in [-0.2, -0.15) is 0 Å². The van der Waals surface area contributed by atoms with Crippen LogP contribution in [-0.4, -0.2) is 29.5 Å². The van der Waals surface area contributed by atoms with Gasteiger partial charge in [0.1, 0.15) is 5.75 Å². The minimum absolute atomic E-state index is 0.0419. The number of carbonyl (C=O) groups excluding carboxylic acids is 1. The molecular formula is C18H19Cl2NO2. The van der Waals surface area contributed by atoms with Gasteiger partial charge in [-0.05, 0) is 56.7 Å². The average molecular weight is 352 g/mol. The van der Waals surface area contributed by atoms with Gasteiger partial charge in [0.15, 0.2) is 6.61 Å². The van der Waals surface area contributed by atoms with Gasteiger partial charge in [0, 0.05) is 17.1 Å². The molecule has 1 aromatic carbocycles. The molecule has 2 saturated heterocycles. The number of nitrogens with zero attached hydrogens (tertiary/aromatic N) is 1. The number of allylic oxidation sites excluding steroid dienone is 1. The van der Waals surface area contributed by atoms with Crippen LogP contribution >= 0.6 is 23.2 Å². The number of benzene rings is 1. The van der Waals surface area contributed by atoms with Crippen LogP contribution in [0, 0.1) is 0 Å². The zero-order valence-corrected chi connectivity index (χ0v) is 14.4. The highest BCUT2D eigenvalue weighted by Crippen LogP contribution is 2.44. The Morgan fingerprint density at radius 2 is 1.83 bits per heavy atom. The molecule has 3 fully saturated rings. The van der Waals surface area contributed by atoms with Crippen LogP contribution in [0.15, 0.2) is 29.3 Å². The summed E-state index contributed by atoms with van der Waals surface area (Å²) in [5.41, 5.74) is 3.28. The van der Waals surface area contributed by atoms with E-state index >= 15 is 0 Å². The normalized spacial score (nSPS) is 25.7. The molecule has 2 atom stereocenters. The number of fused-ring (bicyclic) bond motifs is 2. The van der Waals surface area contributed by atoms with Crippen LogP contribution in [0.4, 0.5) is 0 Å². The van der Waals surface area contributed by atoms with Crippen molar-refractivity contribution >= 4 is 29.1 Å². The van der Waals surface area contributed by atoms with Crippen molar-refractivity contribution in [2.24, 2.45) is 0 Å². The molecule has 4 rings (SSSR count). The number of amides is 1. The summed E-state index contributed by atoms with van der Waals surface area (Å²) in [5, 5.41) is 0.996. The maximum absolute atomic E-state index is 12.6. The van der Waals surface area contributed by atoms with Gasteiger partial charge in [0.2, 0.25) is 0 Å². The predicted molar refractivity (Wildman–Crippen MR) is 91.1 cm³/mol. The van der Waals surface area contributed by atoms with Crippen LogP contribution < -0.4 is 4.74 Å². The fourth-order valence-corrected chi connectivity index (χ4v) is 4.40. The first-order chi connectivity index (χ1) is 11.1. The number of rotatable bonds is 3. The highest BCUT2D eigenvalue weighted by atomic mass is 35.5. The Kier molecular flexibility index (Phi) is 4.02. The lowest BCUT2D eigenvalue weighted by Crippen LogP contribution is -2.46. The van der Waals surface area contributed by atoms with Gasteiger partial charge in [-0.1, -0.05) is 34.3 Å². The average Bonchev–Trinajstić information content (AvgIpc) is 3.32. The number of halogens is 2. The minimum Gasteiger partial charge on any atom is -0.482 e. The molecule has 1 saturated carbocycles. The van der Waals surface area contributed by atoms with E-state index in [1.165, 1.54) is 12.8 Å². The molecule has 0 aromatic heterocycles. The van der Waals surface area contributed by atoms with E-state index in [0.29, 0.717) is 27.9 Å². The van der Waals surface area contributed by atoms with Crippen LogP contribution in [0.1, 0.15) is 38.5 Å². The lowest BCUT2D eigenvalue weighted by Gasteiger charge is -2.36. The molecule has 122 valence electrons. The first-order valence-electron chi connectivity index (χ1n) is 8.20. The summed E-state index contributed by atoms with van der Waals surface area (Å²) in [5.74, 6) is 0.581. The van der Waals surface area contributed by atoms with E-state index in [2.05, 4.69) is 4.90 Å². The van der Waals surface area contributed by atoms with Crippen molar-refractivity contribution in [2.75, 3.05) is 6.61 Å². The molecule has 1 aliphatic carbocycles. The molecular weight excluding hydrogens is 333 g/mol. The monoisotopic (exact) mass is 351 g/mol. The van der Waals surface area contributed by atoms with Gasteiger partial charge in [-0.3, -0.25) is 4.79 Å². The Labute approximate surface area is 146 Å². The van der Waals surface area contributed by atoms with E-state index in [-0.39, 0.29) is 12.5 Å². The van der Waals surface area contributed by atoms with E-state index in [1.807, 2.05) is 0 Å². The van der Waals surface area contributed by atoms with Crippen LogP contribution in [0.3, 0.4) is 0 Å². The Balaban J connectivity index is 1.41. The van der Waals surface area contributed by atoms with Crippen molar-refractivity contribution in [3.8, 4) is 5.75 Å². The summed E-state index contributed by atoms with van der Waals surface area (Å²) in [4.78, 5) is 14.7. The van der Waals surface area contributed by atoms with Crippen LogP contribution in [-0.2, 0) is 4.79 Å². The van der Waals surface area contributed by atoms with Crippen molar-refractivity contribution in [2.45, 2.75) is 50.6 Å². The molecule has 0 radical (unpaired) electrons. The number of piperidine rings is 1. The molecule has 0 spiro atoms. The van der Waals surface area contributed by atoms with Crippen molar-refractivity contribution < 1.29 is 9.53 Å².